The van der Waals surface area contributed by atoms with Crippen LogP contribution in [0.25, 0.3) is 0 Å². The average molecular weight is 387 g/mol. The maximum atomic E-state index is 13.1. The maximum Gasteiger partial charge on any atom is 0.242 e. The van der Waals surface area contributed by atoms with Crippen molar-refractivity contribution in [2.75, 3.05) is 12.4 Å². The van der Waals surface area contributed by atoms with Crippen molar-refractivity contribution in [1.29, 1.82) is 0 Å². The molecule has 0 aromatic heterocycles. The zero-order valence-corrected chi connectivity index (χ0v) is 15.0. The summed E-state index contributed by atoms with van der Waals surface area (Å²) in [7, 11) is -2.42. The van der Waals surface area contributed by atoms with Gasteiger partial charge >= 0.3 is 0 Å². The highest BCUT2D eigenvalue weighted by Gasteiger charge is 2.22. The fourth-order valence-electron chi connectivity index (χ4n) is 1.93. The number of hydrogen-bond donors (Lipinski definition) is 2. The van der Waals surface area contributed by atoms with Gasteiger partial charge in [0.15, 0.2) is 0 Å². The quantitative estimate of drug-likeness (QED) is 0.799. The Morgan fingerprint density at radius 2 is 1.84 bits per heavy atom. The standard InChI is InChI=1S/C16H16ClFN2O4S/c1-10(16(21)19-11-3-8-15(18)14(17)9-11)20-25(22,23)13-6-4-12(24-2)5-7-13/h3-10,20H,1-2H3,(H,19,21). The Morgan fingerprint density at radius 1 is 1.20 bits per heavy atom. The van der Waals surface area contributed by atoms with Crippen LogP contribution in [0.3, 0.4) is 0 Å². The summed E-state index contributed by atoms with van der Waals surface area (Å²) in [6.07, 6.45) is 0. The van der Waals surface area contributed by atoms with Crippen molar-refractivity contribution in [3.05, 3.63) is 53.3 Å². The van der Waals surface area contributed by atoms with Crippen LogP contribution in [-0.2, 0) is 14.8 Å². The number of amides is 1. The van der Waals surface area contributed by atoms with Gasteiger partial charge in [-0.2, -0.15) is 4.72 Å². The van der Waals surface area contributed by atoms with E-state index in [1.165, 1.54) is 50.4 Å². The Morgan fingerprint density at radius 3 is 2.40 bits per heavy atom. The van der Waals surface area contributed by atoms with E-state index in [1.54, 1.807) is 0 Å². The molecule has 1 unspecified atom stereocenters. The van der Waals surface area contributed by atoms with Gasteiger partial charge in [0.2, 0.25) is 15.9 Å². The molecule has 0 aliphatic heterocycles. The van der Waals surface area contributed by atoms with Crippen LogP contribution in [0.1, 0.15) is 6.92 Å². The molecule has 2 aromatic carbocycles. The minimum absolute atomic E-state index is 0.00206. The van der Waals surface area contributed by atoms with E-state index in [4.69, 9.17) is 16.3 Å². The molecule has 0 fully saturated rings. The van der Waals surface area contributed by atoms with E-state index in [0.29, 0.717) is 5.75 Å². The van der Waals surface area contributed by atoms with Crippen LogP contribution >= 0.6 is 11.6 Å². The summed E-state index contributed by atoms with van der Waals surface area (Å²) in [5.74, 6) is -0.717. The summed E-state index contributed by atoms with van der Waals surface area (Å²) in [6, 6.07) is 8.33. The first-order chi connectivity index (χ1) is 11.7. The van der Waals surface area contributed by atoms with E-state index in [2.05, 4.69) is 10.0 Å². The van der Waals surface area contributed by atoms with Gasteiger partial charge in [-0.05, 0) is 49.4 Å². The first-order valence-corrected chi connectivity index (χ1v) is 9.01. The first kappa shape index (κ1) is 19.2. The van der Waals surface area contributed by atoms with Gasteiger partial charge in [-0.3, -0.25) is 4.79 Å². The summed E-state index contributed by atoms with van der Waals surface area (Å²) < 4.78 is 44.9. The van der Waals surface area contributed by atoms with Gasteiger partial charge in [-0.15, -0.1) is 0 Å². The van der Waals surface area contributed by atoms with Gasteiger partial charge < -0.3 is 10.1 Å². The van der Waals surface area contributed by atoms with Gasteiger partial charge in [0.05, 0.1) is 23.1 Å². The molecule has 1 amide bonds. The van der Waals surface area contributed by atoms with Gasteiger partial charge in [-0.25, -0.2) is 12.8 Å². The Hall–Kier alpha value is -2.16. The van der Waals surface area contributed by atoms with Crippen LogP contribution in [0.5, 0.6) is 5.75 Å². The lowest BCUT2D eigenvalue weighted by Gasteiger charge is -2.15. The Labute approximate surface area is 150 Å². The van der Waals surface area contributed by atoms with E-state index in [0.717, 1.165) is 6.07 Å². The van der Waals surface area contributed by atoms with Crippen molar-refractivity contribution in [3.8, 4) is 5.75 Å². The number of ether oxygens (including phenoxy) is 1. The van der Waals surface area contributed by atoms with E-state index < -0.39 is 27.8 Å². The number of carbonyl (C=O) groups is 1. The zero-order valence-electron chi connectivity index (χ0n) is 13.4. The van der Waals surface area contributed by atoms with E-state index >= 15 is 0 Å². The summed E-state index contributed by atoms with van der Waals surface area (Å²) in [5, 5.41) is 2.32. The molecule has 9 heteroatoms. The fraction of sp³-hybridized carbons (Fsp3) is 0.188. The number of nitrogens with one attached hydrogen (secondary N) is 2. The Balaban J connectivity index is 2.07. The highest BCUT2D eigenvalue weighted by atomic mass is 35.5. The Kier molecular flexibility index (Phi) is 5.99. The summed E-state index contributed by atoms with van der Waals surface area (Å²) in [6.45, 7) is 1.39. The topological polar surface area (TPSA) is 84.5 Å². The largest absolute Gasteiger partial charge is 0.497 e. The number of carbonyl (C=O) groups excluding carboxylic acids is 1. The molecule has 0 saturated heterocycles. The van der Waals surface area contributed by atoms with Gasteiger partial charge in [-0.1, -0.05) is 11.6 Å². The summed E-state index contributed by atoms with van der Waals surface area (Å²) in [5.41, 5.74) is 0.256. The molecule has 2 N–H and O–H groups in total. The van der Waals surface area contributed by atoms with Crippen molar-refractivity contribution >= 4 is 33.2 Å². The van der Waals surface area contributed by atoms with Crippen LogP contribution in [-0.4, -0.2) is 27.5 Å². The van der Waals surface area contributed by atoms with Crippen LogP contribution in [0.15, 0.2) is 47.4 Å². The number of hydrogen-bond acceptors (Lipinski definition) is 4. The predicted molar refractivity (Wildman–Crippen MR) is 92.8 cm³/mol. The zero-order chi connectivity index (χ0) is 18.6. The lowest BCUT2D eigenvalue weighted by Crippen LogP contribution is -2.41. The normalized spacial score (nSPS) is 12.5. The van der Waals surface area contributed by atoms with Crippen LogP contribution < -0.4 is 14.8 Å². The minimum atomic E-state index is -3.89. The SMILES string of the molecule is COc1ccc(S(=O)(=O)NC(C)C(=O)Nc2ccc(F)c(Cl)c2)cc1. The summed E-state index contributed by atoms with van der Waals surface area (Å²) >= 11 is 5.64. The van der Waals surface area contributed by atoms with Crippen LogP contribution in [0.4, 0.5) is 10.1 Å². The molecule has 2 rings (SSSR count). The molecule has 2 aromatic rings. The van der Waals surface area contributed by atoms with Gasteiger partial charge in [0, 0.05) is 5.69 Å². The van der Waals surface area contributed by atoms with Crippen molar-refractivity contribution in [2.45, 2.75) is 17.9 Å². The van der Waals surface area contributed by atoms with Crippen LogP contribution in [0.2, 0.25) is 5.02 Å². The molecule has 0 aliphatic rings. The third-order valence-electron chi connectivity index (χ3n) is 3.28. The molecule has 134 valence electrons. The second-order valence-electron chi connectivity index (χ2n) is 5.14. The third-order valence-corrected chi connectivity index (χ3v) is 5.13. The molecule has 0 aliphatic carbocycles. The van der Waals surface area contributed by atoms with E-state index in [1.807, 2.05) is 0 Å². The minimum Gasteiger partial charge on any atom is -0.497 e. The van der Waals surface area contributed by atoms with Gasteiger partial charge in [0.25, 0.3) is 0 Å². The van der Waals surface area contributed by atoms with E-state index in [-0.39, 0.29) is 15.6 Å². The van der Waals surface area contributed by atoms with Crippen molar-refractivity contribution in [1.82, 2.24) is 4.72 Å². The second kappa shape index (κ2) is 7.81. The number of benzene rings is 2. The first-order valence-electron chi connectivity index (χ1n) is 7.15. The van der Waals surface area contributed by atoms with E-state index in [9.17, 15) is 17.6 Å². The van der Waals surface area contributed by atoms with Crippen LogP contribution in [0, 0.1) is 5.82 Å². The van der Waals surface area contributed by atoms with Crippen molar-refractivity contribution < 1.29 is 22.3 Å². The number of methoxy groups -OCH3 is 1. The van der Waals surface area contributed by atoms with Crippen molar-refractivity contribution in [3.63, 3.8) is 0 Å². The molecule has 0 radical (unpaired) electrons. The molecule has 1 atom stereocenters. The monoisotopic (exact) mass is 386 g/mol. The highest BCUT2D eigenvalue weighted by molar-refractivity contribution is 7.89. The number of anilines is 1. The third kappa shape index (κ3) is 4.91. The molecule has 25 heavy (non-hydrogen) atoms. The molecular formula is C16H16ClFN2O4S. The number of rotatable bonds is 6. The molecule has 0 spiro atoms. The summed E-state index contributed by atoms with van der Waals surface area (Å²) in [4.78, 5) is 12.1. The number of sulfonamides is 1. The Bertz CT molecular complexity index is 872. The maximum absolute atomic E-state index is 13.1. The lowest BCUT2D eigenvalue weighted by molar-refractivity contribution is -0.117. The molecular weight excluding hydrogens is 371 g/mol. The molecule has 0 heterocycles. The number of halogens is 2. The molecule has 0 bridgehead atoms. The lowest BCUT2D eigenvalue weighted by atomic mass is 10.3. The smallest absolute Gasteiger partial charge is 0.242 e. The molecule has 0 saturated carbocycles. The highest BCUT2D eigenvalue weighted by Crippen LogP contribution is 2.20. The predicted octanol–water partition coefficient (Wildman–Crippen LogP) is 2.79. The second-order valence-corrected chi connectivity index (χ2v) is 7.26. The van der Waals surface area contributed by atoms with Gasteiger partial charge in [0.1, 0.15) is 11.6 Å². The molecule has 6 nitrogen and oxygen atoms in total. The van der Waals surface area contributed by atoms with Crippen molar-refractivity contribution in [2.24, 2.45) is 0 Å². The fourth-order valence-corrected chi connectivity index (χ4v) is 3.32. The average Bonchev–Trinajstić information content (AvgIpc) is 2.57.